The van der Waals surface area contributed by atoms with Crippen LogP contribution in [0.4, 0.5) is 0 Å². The van der Waals surface area contributed by atoms with Crippen LogP contribution < -0.4 is 28.8 Å². The highest BCUT2D eigenvalue weighted by Crippen LogP contribution is 1.38. The summed E-state index contributed by atoms with van der Waals surface area (Å²) >= 11 is 0. The van der Waals surface area contributed by atoms with Crippen LogP contribution in [0.5, 0.6) is 0 Å². The fourth-order valence-corrected chi connectivity index (χ4v) is 0. The summed E-state index contributed by atoms with van der Waals surface area (Å²) in [6, 6.07) is 0. The maximum Gasteiger partial charge on any atom is 0.291 e. The SMILES string of the molecule is N=C(N)N.NN=C(N)N.O=[N+]([O-])O.O=[N+]([O-])O. The van der Waals surface area contributed by atoms with Crippen molar-refractivity contribution in [3.05, 3.63) is 20.2 Å². The average molecular weight is 259 g/mol. The van der Waals surface area contributed by atoms with E-state index in [4.69, 9.17) is 47.5 Å². The van der Waals surface area contributed by atoms with Gasteiger partial charge >= 0.3 is 0 Å². The van der Waals surface area contributed by atoms with E-state index in [1.54, 1.807) is 0 Å². The predicted molar refractivity (Wildman–Crippen MR) is 53.7 cm³/mol. The topological polar surface area (TPSA) is 293 Å². The van der Waals surface area contributed by atoms with E-state index in [1.807, 2.05) is 0 Å². The largest absolute Gasteiger partial charge is 0.370 e. The molecule has 0 saturated heterocycles. The highest BCUT2D eigenvalue weighted by Gasteiger charge is 1.66. The molecule has 0 aromatic heterocycles. The molecule has 15 nitrogen and oxygen atoms in total. The molecule has 0 aromatic carbocycles. The first-order chi connectivity index (χ1) is 7.47. The van der Waals surface area contributed by atoms with Gasteiger partial charge in [0.1, 0.15) is 0 Å². The summed E-state index contributed by atoms with van der Waals surface area (Å²) in [5.74, 6) is 4.08. The second-order valence-electron chi connectivity index (χ2n) is 1.48. The summed E-state index contributed by atoms with van der Waals surface area (Å²) < 4.78 is 0. The van der Waals surface area contributed by atoms with Crippen molar-refractivity contribution in [2.75, 3.05) is 0 Å². The number of guanidine groups is 2. The molecule has 0 heterocycles. The molecule has 0 fully saturated rings. The number of hydrogen-bond donors (Lipinski definition) is 8. The fraction of sp³-hybridized carbons (Fsp3) is 0. The third-order valence-corrected chi connectivity index (χ3v) is 0.149. The first-order valence-electron chi connectivity index (χ1n) is 3.02. The van der Waals surface area contributed by atoms with Gasteiger partial charge in [0.05, 0.1) is 0 Å². The Balaban J connectivity index is -0.0000000667. The van der Waals surface area contributed by atoms with E-state index in [1.165, 1.54) is 0 Å². The Morgan fingerprint density at radius 2 is 1.12 bits per heavy atom. The van der Waals surface area contributed by atoms with Crippen LogP contribution in [-0.2, 0) is 0 Å². The molecule has 0 spiro atoms. The van der Waals surface area contributed by atoms with Crippen LogP contribution >= 0.6 is 0 Å². The van der Waals surface area contributed by atoms with Gasteiger partial charge in [-0.3, -0.25) is 5.41 Å². The standard InChI is InChI=1S/CH6N4.CH5N3.2HNO3/c2-1(3)5-4;3*2-1(3)4/h4H2,(H4,2,3,5);(H5,2,3,4);2*(H,2,3,4). The third kappa shape index (κ3) is 926. The van der Waals surface area contributed by atoms with E-state index < -0.39 is 10.2 Å². The minimum absolute atomic E-state index is 0.0926. The summed E-state index contributed by atoms with van der Waals surface area (Å²) in [5, 5.41) is 36.2. The molecule has 0 rings (SSSR count). The maximum atomic E-state index is 8.36. The molecule has 0 unspecified atom stereocenters. The zero-order valence-corrected chi connectivity index (χ0v) is 8.26. The molecular weight excluding hydrogens is 246 g/mol. The Hall–Kier alpha value is -3.26. The van der Waals surface area contributed by atoms with Gasteiger partial charge in [-0.15, -0.1) is 25.3 Å². The lowest BCUT2D eigenvalue weighted by Crippen LogP contribution is -2.23. The Morgan fingerprint density at radius 1 is 1.06 bits per heavy atom. The molecule has 0 radical (unpaired) electrons. The van der Waals surface area contributed by atoms with Crippen molar-refractivity contribution in [1.82, 2.24) is 0 Å². The molecule has 0 aliphatic rings. The van der Waals surface area contributed by atoms with E-state index in [-0.39, 0.29) is 11.9 Å². The summed E-state index contributed by atoms with van der Waals surface area (Å²) in [5.41, 5.74) is 18.3. The first-order valence-corrected chi connectivity index (χ1v) is 3.02. The van der Waals surface area contributed by atoms with Crippen molar-refractivity contribution < 1.29 is 20.6 Å². The summed E-state index contributed by atoms with van der Waals surface area (Å²) in [4.78, 5) is 16.7. The van der Waals surface area contributed by atoms with E-state index in [0.29, 0.717) is 0 Å². The lowest BCUT2D eigenvalue weighted by Gasteiger charge is -1.76. The molecule has 0 aromatic rings. The van der Waals surface area contributed by atoms with Gasteiger partial charge < -0.3 is 39.2 Å². The third-order valence-electron chi connectivity index (χ3n) is 0.149. The number of hydrogen-bond acceptors (Lipinski definition) is 7. The minimum Gasteiger partial charge on any atom is -0.370 e. The number of nitrogens with zero attached hydrogens (tertiary/aromatic N) is 3. The number of rotatable bonds is 0. The van der Waals surface area contributed by atoms with Crippen LogP contribution in [0.15, 0.2) is 5.10 Å². The predicted octanol–water partition coefficient (Wildman–Crippen LogP) is -3.72. The highest BCUT2D eigenvalue weighted by atomic mass is 16.9. The lowest BCUT2D eigenvalue weighted by molar-refractivity contribution is -0.742. The van der Waals surface area contributed by atoms with Crippen molar-refractivity contribution in [2.45, 2.75) is 0 Å². The van der Waals surface area contributed by atoms with Gasteiger partial charge in [0.15, 0.2) is 5.96 Å². The molecule has 0 aliphatic carbocycles. The Kier molecular flexibility index (Phi) is 25.6. The molecule has 0 bridgehead atoms. The summed E-state index contributed by atoms with van der Waals surface area (Å²) in [7, 11) is 0. The van der Waals surface area contributed by atoms with Crippen molar-refractivity contribution in [3.8, 4) is 0 Å². The summed E-state index contributed by atoms with van der Waals surface area (Å²) in [6.07, 6.45) is 0. The monoisotopic (exact) mass is 259 g/mol. The normalized spacial score (nSPS) is 6.12. The molecule has 0 aliphatic heterocycles. The first kappa shape index (κ1) is 23.5. The summed E-state index contributed by atoms with van der Waals surface area (Å²) in [6.45, 7) is 0. The highest BCUT2D eigenvalue weighted by molar-refractivity contribution is 5.75. The van der Waals surface area contributed by atoms with E-state index in [9.17, 15) is 0 Å². The van der Waals surface area contributed by atoms with Gasteiger partial charge in [0.25, 0.3) is 10.2 Å². The Bertz CT molecular complexity index is 205. The van der Waals surface area contributed by atoms with Crippen LogP contribution in [0.2, 0.25) is 0 Å². The molecule has 0 amide bonds. The second-order valence-corrected chi connectivity index (χ2v) is 1.48. The molecule has 17 heavy (non-hydrogen) atoms. The zero-order chi connectivity index (χ0) is 15.0. The molecule has 13 N–H and O–H groups in total. The van der Waals surface area contributed by atoms with Crippen LogP contribution in [-0.4, -0.2) is 32.5 Å². The smallest absolute Gasteiger partial charge is 0.291 e. The molecule has 15 heteroatoms. The molecule has 102 valence electrons. The molecule has 0 atom stereocenters. The van der Waals surface area contributed by atoms with Crippen molar-refractivity contribution >= 4 is 11.9 Å². The van der Waals surface area contributed by atoms with E-state index >= 15 is 0 Å². The van der Waals surface area contributed by atoms with Gasteiger partial charge in [-0.25, -0.2) is 0 Å². The van der Waals surface area contributed by atoms with Crippen LogP contribution in [0.25, 0.3) is 0 Å². The van der Waals surface area contributed by atoms with Crippen LogP contribution in [0.3, 0.4) is 0 Å². The number of nitrogens with two attached hydrogens (primary N) is 5. The molecule has 0 saturated carbocycles. The second kappa shape index (κ2) is 18.5. The number of nitrogens with one attached hydrogen (secondary N) is 1. The van der Waals surface area contributed by atoms with Gasteiger partial charge in [-0.05, 0) is 0 Å². The quantitative estimate of drug-likeness (QED) is 0.0686. The van der Waals surface area contributed by atoms with Crippen molar-refractivity contribution in [2.24, 2.45) is 33.9 Å². The van der Waals surface area contributed by atoms with Gasteiger partial charge in [0.2, 0.25) is 5.96 Å². The van der Waals surface area contributed by atoms with E-state index in [2.05, 4.69) is 22.4 Å². The fourth-order valence-electron chi connectivity index (χ4n) is 0. The van der Waals surface area contributed by atoms with E-state index in [0.717, 1.165) is 0 Å². The van der Waals surface area contributed by atoms with Gasteiger partial charge in [-0.2, -0.15) is 0 Å². The zero-order valence-electron chi connectivity index (χ0n) is 8.26. The Labute approximate surface area is 93.2 Å². The Morgan fingerprint density at radius 3 is 1.12 bits per heavy atom. The average Bonchev–Trinajstić information content (AvgIpc) is 2.00. The van der Waals surface area contributed by atoms with Gasteiger partial charge in [0, 0.05) is 0 Å². The molecular formula is C2H13N9O6. The maximum absolute atomic E-state index is 8.36. The van der Waals surface area contributed by atoms with Crippen LogP contribution in [0, 0.1) is 25.6 Å². The lowest BCUT2D eigenvalue weighted by atomic mass is 11.1. The minimum atomic E-state index is -1.50. The van der Waals surface area contributed by atoms with Crippen molar-refractivity contribution in [3.63, 3.8) is 0 Å². The van der Waals surface area contributed by atoms with Crippen molar-refractivity contribution in [1.29, 1.82) is 5.41 Å². The number of hydrazone groups is 1. The van der Waals surface area contributed by atoms with Crippen LogP contribution in [0.1, 0.15) is 0 Å². The van der Waals surface area contributed by atoms with Gasteiger partial charge in [-0.1, -0.05) is 0 Å².